The first-order valence-corrected chi connectivity index (χ1v) is 7.15. The van der Waals surface area contributed by atoms with Crippen molar-refractivity contribution in [2.45, 2.75) is 50.4 Å². The SMILES string of the molecule is ON=C1CCC1(c1ccccc1)C1CCCCC1. The lowest BCUT2D eigenvalue weighted by molar-refractivity contribution is 0.209. The second-order valence-electron chi connectivity index (χ2n) is 5.72. The standard InChI is InChI=1S/C16H21NO/c18-17-15-11-12-16(15,13-7-3-1-4-8-13)14-9-5-2-6-10-14/h1,3-4,7-8,14,18H,2,5-6,9-12H2. The predicted molar refractivity (Wildman–Crippen MR) is 73.2 cm³/mol. The predicted octanol–water partition coefficient (Wildman–Crippen LogP) is 4.13. The molecule has 0 aromatic heterocycles. The molecular formula is C16H21NO. The molecule has 1 aromatic carbocycles. The molecule has 2 aliphatic rings. The summed E-state index contributed by atoms with van der Waals surface area (Å²) in [5, 5.41) is 12.9. The molecule has 0 bridgehead atoms. The molecule has 2 heteroatoms. The van der Waals surface area contributed by atoms with Crippen LogP contribution in [-0.2, 0) is 5.41 Å². The van der Waals surface area contributed by atoms with Crippen molar-refractivity contribution in [3.63, 3.8) is 0 Å². The number of hydrogen-bond donors (Lipinski definition) is 1. The van der Waals surface area contributed by atoms with Crippen LogP contribution in [0, 0.1) is 5.92 Å². The van der Waals surface area contributed by atoms with E-state index in [0.717, 1.165) is 18.6 Å². The summed E-state index contributed by atoms with van der Waals surface area (Å²) < 4.78 is 0. The number of benzene rings is 1. The molecule has 96 valence electrons. The van der Waals surface area contributed by atoms with Crippen molar-refractivity contribution in [3.8, 4) is 0 Å². The van der Waals surface area contributed by atoms with Gasteiger partial charge in [0, 0.05) is 5.41 Å². The van der Waals surface area contributed by atoms with Gasteiger partial charge in [-0.15, -0.1) is 0 Å². The van der Waals surface area contributed by atoms with Crippen molar-refractivity contribution in [2.75, 3.05) is 0 Å². The summed E-state index contributed by atoms with van der Waals surface area (Å²) in [5.74, 6) is 0.674. The van der Waals surface area contributed by atoms with E-state index in [1.807, 2.05) is 0 Å². The van der Waals surface area contributed by atoms with E-state index in [4.69, 9.17) is 0 Å². The Labute approximate surface area is 109 Å². The zero-order valence-electron chi connectivity index (χ0n) is 10.8. The van der Waals surface area contributed by atoms with Crippen LogP contribution in [0.3, 0.4) is 0 Å². The maximum absolute atomic E-state index is 9.30. The topological polar surface area (TPSA) is 32.6 Å². The third-order valence-corrected chi connectivity index (χ3v) is 4.98. The second kappa shape index (κ2) is 4.75. The summed E-state index contributed by atoms with van der Waals surface area (Å²) in [5.41, 5.74) is 2.42. The quantitative estimate of drug-likeness (QED) is 0.615. The molecule has 3 rings (SSSR count). The minimum absolute atomic E-state index is 0.0520. The van der Waals surface area contributed by atoms with Gasteiger partial charge in [-0.05, 0) is 37.2 Å². The molecule has 1 atom stereocenters. The minimum atomic E-state index is 0.0520. The van der Waals surface area contributed by atoms with Gasteiger partial charge in [0.2, 0.25) is 0 Å². The second-order valence-corrected chi connectivity index (χ2v) is 5.72. The van der Waals surface area contributed by atoms with Crippen LogP contribution in [0.4, 0.5) is 0 Å². The van der Waals surface area contributed by atoms with Gasteiger partial charge in [0.1, 0.15) is 0 Å². The van der Waals surface area contributed by atoms with Gasteiger partial charge in [-0.2, -0.15) is 0 Å². The first-order chi connectivity index (χ1) is 8.88. The first kappa shape index (κ1) is 11.8. The van der Waals surface area contributed by atoms with Gasteiger partial charge in [-0.1, -0.05) is 54.8 Å². The van der Waals surface area contributed by atoms with Gasteiger partial charge in [0.15, 0.2) is 0 Å². The van der Waals surface area contributed by atoms with E-state index >= 15 is 0 Å². The van der Waals surface area contributed by atoms with Crippen LogP contribution in [0.15, 0.2) is 35.5 Å². The fourth-order valence-corrected chi connectivity index (χ4v) is 3.96. The van der Waals surface area contributed by atoms with Crippen molar-refractivity contribution >= 4 is 5.71 Å². The normalized spacial score (nSPS) is 31.2. The molecule has 0 saturated heterocycles. The van der Waals surface area contributed by atoms with Crippen molar-refractivity contribution in [2.24, 2.45) is 11.1 Å². The van der Waals surface area contributed by atoms with E-state index in [0.29, 0.717) is 5.92 Å². The van der Waals surface area contributed by atoms with Crippen molar-refractivity contribution in [1.82, 2.24) is 0 Å². The van der Waals surface area contributed by atoms with E-state index in [1.165, 1.54) is 37.7 Å². The molecular weight excluding hydrogens is 222 g/mol. The molecule has 0 radical (unpaired) electrons. The number of hydrogen-bond acceptors (Lipinski definition) is 2. The average Bonchev–Trinajstić information content (AvgIpc) is 2.41. The maximum atomic E-state index is 9.30. The molecule has 0 spiro atoms. The highest BCUT2D eigenvalue weighted by Crippen LogP contribution is 2.51. The van der Waals surface area contributed by atoms with E-state index in [1.54, 1.807) is 0 Å². The molecule has 18 heavy (non-hydrogen) atoms. The third-order valence-electron chi connectivity index (χ3n) is 4.98. The molecule has 1 aromatic rings. The van der Waals surface area contributed by atoms with Gasteiger partial charge in [0.25, 0.3) is 0 Å². The zero-order chi connectivity index (χ0) is 12.4. The number of rotatable bonds is 2. The Balaban J connectivity index is 1.99. The number of nitrogens with zero attached hydrogens (tertiary/aromatic N) is 1. The summed E-state index contributed by atoms with van der Waals surface area (Å²) in [6.45, 7) is 0. The van der Waals surface area contributed by atoms with Crippen LogP contribution < -0.4 is 0 Å². The van der Waals surface area contributed by atoms with Crippen LogP contribution in [-0.4, -0.2) is 10.9 Å². The Morgan fingerprint density at radius 3 is 2.33 bits per heavy atom. The Kier molecular flexibility index (Phi) is 3.11. The van der Waals surface area contributed by atoms with Gasteiger partial charge in [-0.25, -0.2) is 0 Å². The van der Waals surface area contributed by atoms with Crippen molar-refractivity contribution in [1.29, 1.82) is 0 Å². The van der Waals surface area contributed by atoms with Gasteiger partial charge in [-0.3, -0.25) is 0 Å². The Hall–Kier alpha value is -1.31. The summed E-state index contributed by atoms with van der Waals surface area (Å²) in [4.78, 5) is 0. The Morgan fingerprint density at radius 1 is 1.06 bits per heavy atom. The van der Waals surface area contributed by atoms with E-state index in [9.17, 15) is 5.21 Å². The van der Waals surface area contributed by atoms with Crippen LogP contribution in [0.2, 0.25) is 0 Å². The van der Waals surface area contributed by atoms with Crippen molar-refractivity contribution in [3.05, 3.63) is 35.9 Å². The summed E-state index contributed by atoms with van der Waals surface area (Å²) in [6.07, 6.45) is 8.72. The van der Waals surface area contributed by atoms with E-state index in [-0.39, 0.29) is 5.41 Å². The highest BCUT2D eigenvalue weighted by atomic mass is 16.4. The summed E-state index contributed by atoms with van der Waals surface area (Å²) >= 11 is 0. The third kappa shape index (κ3) is 1.66. The average molecular weight is 243 g/mol. The lowest BCUT2D eigenvalue weighted by Gasteiger charge is -2.50. The smallest absolute Gasteiger partial charge is 0.0679 e. The first-order valence-electron chi connectivity index (χ1n) is 7.15. The lowest BCUT2D eigenvalue weighted by atomic mass is 9.53. The highest BCUT2D eigenvalue weighted by molar-refractivity contribution is 6.00. The minimum Gasteiger partial charge on any atom is -0.411 e. The van der Waals surface area contributed by atoms with Crippen LogP contribution >= 0.6 is 0 Å². The Bertz CT molecular complexity index is 434. The van der Waals surface area contributed by atoms with Gasteiger partial charge >= 0.3 is 0 Å². The molecule has 2 saturated carbocycles. The summed E-state index contributed by atoms with van der Waals surface area (Å²) in [6, 6.07) is 10.7. The maximum Gasteiger partial charge on any atom is 0.0679 e. The fourth-order valence-electron chi connectivity index (χ4n) is 3.96. The fraction of sp³-hybridized carbons (Fsp3) is 0.562. The van der Waals surface area contributed by atoms with Crippen LogP contribution in [0.1, 0.15) is 50.5 Å². The Morgan fingerprint density at radius 2 is 1.78 bits per heavy atom. The van der Waals surface area contributed by atoms with Crippen LogP contribution in [0.25, 0.3) is 0 Å². The molecule has 2 nitrogen and oxygen atoms in total. The largest absolute Gasteiger partial charge is 0.411 e. The van der Waals surface area contributed by atoms with Gasteiger partial charge in [0.05, 0.1) is 5.71 Å². The van der Waals surface area contributed by atoms with E-state index < -0.39 is 0 Å². The summed E-state index contributed by atoms with van der Waals surface area (Å²) in [7, 11) is 0. The molecule has 2 fully saturated rings. The van der Waals surface area contributed by atoms with E-state index in [2.05, 4.69) is 35.5 Å². The molecule has 0 heterocycles. The molecule has 2 aliphatic carbocycles. The monoisotopic (exact) mass is 243 g/mol. The molecule has 1 unspecified atom stereocenters. The molecule has 0 aliphatic heterocycles. The van der Waals surface area contributed by atoms with Crippen molar-refractivity contribution < 1.29 is 5.21 Å². The molecule has 0 amide bonds. The highest BCUT2D eigenvalue weighted by Gasteiger charge is 2.51. The number of oxime groups is 1. The lowest BCUT2D eigenvalue weighted by Crippen LogP contribution is -2.51. The van der Waals surface area contributed by atoms with Gasteiger partial charge < -0.3 is 5.21 Å². The zero-order valence-corrected chi connectivity index (χ0v) is 10.8. The van der Waals surface area contributed by atoms with Crippen LogP contribution in [0.5, 0.6) is 0 Å². The molecule has 1 N–H and O–H groups in total.